The van der Waals surface area contributed by atoms with Gasteiger partial charge in [0.2, 0.25) is 0 Å². The molecule has 0 aromatic heterocycles. The number of alkyl halides is 3. The fourth-order valence-electron chi connectivity index (χ4n) is 0.752. The summed E-state index contributed by atoms with van der Waals surface area (Å²) in [6.45, 7) is 0. The molecule has 0 aromatic carbocycles. The molecule has 0 rings (SSSR count). The maximum atomic E-state index is 11.5. The summed E-state index contributed by atoms with van der Waals surface area (Å²) in [6.07, 6.45) is -2.52. The zero-order valence-electron chi connectivity index (χ0n) is 6.17. The van der Waals surface area contributed by atoms with E-state index in [0.29, 0.717) is 6.42 Å². The molecule has 0 amide bonds. The average molecular weight is 170 g/mol. The summed E-state index contributed by atoms with van der Waals surface area (Å²) in [5.74, 6) is 0. The van der Waals surface area contributed by atoms with Gasteiger partial charge >= 0.3 is 6.18 Å². The summed E-state index contributed by atoms with van der Waals surface area (Å²) in [6, 6.07) is 1.12. The molecular formula is C6H13F3Si. The first-order valence-electron chi connectivity index (χ1n) is 3.63. The van der Waals surface area contributed by atoms with Crippen molar-refractivity contribution in [1.29, 1.82) is 0 Å². The second-order valence-corrected chi connectivity index (χ2v) is 3.43. The fourth-order valence-corrected chi connectivity index (χ4v) is 1.25. The molecule has 0 heterocycles. The van der Waals surface area contributed by atoms with Crippen molar-refractivity contribution < 1.29 is 13.2 Å². The first-order chi connectivity index (χ1) is 4.56. The molecule has 0 saturated heterocycles. The van der Waals surface area contributed by atoms with Gasteiger partial charge in [-0.1, -0.05) is 18.9 Å². The molecule has 10 heavy (non-hydrogen) atoms. The van der Waals surface area contributed by atoms with Gasteiger partial charge < -0.3 is 0 Å². The van der Waals surface area contributed by atoms with Crippen LogP contribution in [0.15, 0.2) is 0 Å². The van der Waals surface area contributed by atoms with Crippen LogP contribution < -0.4 is 0 Å². The maximum absolute atomic E-state index is 11.5. The Hall–Kier alpha value is 0.00688. The number of hydrogen-bond acceptors (Lipinski definition) is 0. The molecule has 0 bridgehead atoms. The zero-order valence-corrected chi connectivity index (χ0v) is 8.17. The maximum Gasteiger partial charge on any atom is 0.389 e. The normalized spacial score (nSPS) is 12.3. The molecule has 0 nitrogen and oxygen atoms in total. The number of hydrogen-bond donors (Lipinski definition) is 0. The van der Waals surface area contributed by atoms with Crippen molar-refractivity contribution in [2.45, 2.75) is 37.9 Å². The minimum absolute atomic E-state index is 0.311. The van der Waals surface area contributed by atoms with E-state index in [2.05, 4.69) is 0 Å². The van der Waals surface area contributed by atoms with Crippen molar-refractivity contribution in [3.63, 3.8) is 0 Å². The van der Waals surface area contributed by atoms with Gasteiger partial charge in [-0.3, -0.25) is 0 Å². The van der Waals surface area contributed by atoms with Crippen molar-refractivity contribution in [3.05, 3.63) is 0 Å². The highest BCUT2D eigenvalue weighted by molar-refractivity contribution is 6.08. The lowest BCUT2D eigenvalue weighted by Crippen LogP contribution is -2.06. The molecule has 0 aliphatic rings. The SMILES string of the molecule is FC(F)(F)CCCCC[SiH3]. The molecule has 0 atom stereocenters. The Morgan fingerprint density at radius 2 is 1.60 bits per heavy atom. The number of rotatable bonds is 4. The van der Waals surface area contributed by atoms with Crippen molar-refractivity contribution in [1.82, 2.24) is 0 Å². The Balaban J connectivity index is 3.04. The van der Waals surface area contributed by atoms with Crippen LogP contribution in [0.5, 0.6) is 0 Å². The van der Waals surface area contributed by atoms with Gasteiger partial charge in [-0.25, -0.2) is 0 Å². The van der Waals surface area contributed by atoms with Crippen LogP contribution in [0.4, 0.5) is 13.2 Å². The summed E-state index contributed by atoms with van der Waals surface area (Å²) < 4.78 is 34.5. The molecule has 0 aliphatic carbocycles. The van der Waals surface area contributed by atoms with Gasteiger partial charge in [-0.2, -0.15) is 13.2 Å². The minimum atomic E-state index is -3.94. The van der Waals surface area contributed by atoms with E-state index in [1.54, 1.807) is 0 Å². The largest absolute Gasteiger partial charge is 0.389 e. The summed E-state index contributed by atoms with van der Waals surface area (Å²) in [7, 11) is 1.11. The van der Waals surface area contributed by atoms with Gasteiger partial charge in [0.25, 0.3) is 0 Å². The van der Waals surface area contributed by atoms with Crippen LogP contribution in [0.2, 0.25) is 6.04 Å². The van der Waals surface area contributed by atoms with E-state index in [0.717, 1.165) is 29.1 Å². The van der Waals surface area contributed by atoms with Crippen molar-refractivity contribution in [2.24, 2.45) is 0 Å². The Labute approximate surface area is 62.2 Å². The predicted molar refractivity (Wildman–Crippen MR) is 39.3 cm³/mol. The van der Waals surface area contributed by atoms with Crippen LogP contribution in [-0.4, -0.2) is 16.4 Å². The topological polar surface area (TPSA) is 0 Å². The van der Waals surface area contributed by atoms with Gasteiger partial charge in [0, 0.05) is 16.7 Å². The van der Waals surface area contributed by atoms with Gasteiger partial charge in [-0.05, 0) is 6.42 Å². The molecule has 0 N–H and O–H groups in total. The van der Waals surface area contributed by atoms with E-state index in [9.17, 15) is 13.2 Å². The van der Waals surface area contributed by atoms with Crippen LogP contribution >= 0.6 is 0 Å². The van der Waals surface area contributed by atoms with Crippen LogP contribution in [0.3, 0.4) is 0 Å². The number of unbranched alkanes of at least 4 members (excludes halogenated alkanes) is 2. The predicted octanol–water partition coefficient (Wildman–Crippen LogP) is 1.89. The molecule has 0 fully saturated rings. The second kappa shape index (κ2) is 4.77. The average Bonchev–Trinajstić information content (AvgIpc) is 1.78. The van der Waals surface area contributed by atoms with Crippen molar-refractivity contribution >= 4 is 10.2 Å². The van der Waals surface area contributed by atoms with Crippen molar-refractivity contribution in [2.75, 3.05) is 0 Å². The lowest BCUT2D eigenvalue weighted by molar-refractivity contribution is -0.135. The van der Waals surface area contributed by atoms with E-state index < -0.39 is 12.6 Å². The third kappa shape index (κ3) is 8.01. The van der Waals surface area contributed by atoms with Gasteiger partial charge in [-0.15, -0.1) is 0 Å². The Morgan fingerprint density at radius 1 is 1.00 bits per heavy atom. The third-order valence-corrected chi connectivity index (χ3v) is 2.02. The zero-order chi connectivity index (χ0) is 8.04. The molecule has 0 saturated carbocycles. The van der Waals surface area contributed by atoms with Crippen LogP contribution in [0.1, 0.15) is 25.7 Å². The highest BCUT2D eigenvalue weighted by atomic mass is 28.1. The standard InChI is InChI=1S/C6H13F3Si/c7-6(8,9)4-2-1-3-5-10/h1-5H2,10H3. The molecule has 0 aromatic rings. The Kier molecular flexibility index (Phi) is 4.77. The Bertz CT molecular complexity index is 79.6. The lowest BCUT2D eigenvalue weighted by Gasteiger charge is -2.03. The van der Waals surface area contributed by atoms with E-state index in [-0.39, 0.29) is 0 Å². The van der Waals surface area contributed by atoms with E-state index in [1.165, 1.54) is 0 Å². The lowest BCUT2D eigenvalue weighted by atomic mass is 10.2. The highest BCUT2D eigenvalue weighted by Gasteiger charge is 2.25. The van der Waals surface area contributed by atoms with Crippen molar-refractivity contribution in [3.8, 4) is 0 Å². The Morgan fingerprint density at radius 3 is 2.00 bits per heavy atom. The van der Waals surface area contributed by atoms with E-state index in [4.69, 9.17) is 0 Å². The monoisotopic (exact) mass is 170 g/mol. The summed E-state index contributed by atoms with van der Waals surface area (Å²) in [4.78, 5) is 0. The minimum Gasteiger partial charge on any atom is -0.171 e. The van der Waals surface area contributed by atoms with Gasteiger partial charge in [0.15, 0.2) is 0 Å². The third-order valence-electron chi connectivity index (χ3n) is 1.31. The quantitative estimate of drug-likeness (QED) is 0.446. The molecule has 4 heteroatoms. The summed E-state index contributed by atoms with van der Waals surface area (Å²) in [5.41, 5.74) is 0. The smallest absolute Gasteiger partial charge is 0.171 e. The van der Waals surface area contributed by atoms with Crippen LogP contribution in [0.25, 0.3) is 0 Å². The van der Waals surface area contributed by atoms with Crippen LogP contribution in [0, 0.1) is 0 Å². The number of halogens is 3. The van der Waals surface area contributed by atoms with E-state index in [1.807, 2.05) is 0 Å². The first-order valence-corrected chi connectivity index (χ1v) is 5.04. The molecule has 0 aliphatic heterocycles. The highest BCUT2D eigenvalue weighted by Crippen LogP contribution is 2.22. The van der Waals surface area contributed by atoms with Gasteiger partial charge in [0.05, 0.1) is 0 Å². The summed E-state index contributed by atoms with van der Waals surface area (Å²) >= 11 is 0. The first kappa shape index (κ1) is 10.0. The molecular weight excluding hydrogens is 157 g/mol. The van der Waals surface area contributed by atoms with Crippen LogP contribution in [-0.2, 0) is 0 Å². The molecule has 62 valence electrons. The molecule has 0 unspecified atom stereocenters. The fraction of sp³-hybridized carbons (Fsp3) is 1.00. The van der Waals surface area contributed by atoms with E-state index >= 15 is 0 Å². The van der Waals surface area contributed by atoms with Gasteiger partial charge in [0.1, 0.15) is 0 Å². The second-order valence-electron chi connectivity index (χ2n) is 2.43. The molecule has 0 spiro atoms. The molecule has 0 radical (unpaired) electrons. The summed E-state index contributed by atoms with van der Waals surface area (Å²) in [5, 5.41) is 0.